The number of nitrogens with zero attached hydrogens (tertiary/aromatic N) is 2. The number of rotatable bonds is 12. The van der Waals surface area contributed by atoms with Crippen LogP contribution in [0.15, 0.2) is 65.3 Å². The predicted octanol–water partition coefficient (Wildman–Crippen LogP) is 6.34. The first-order valence-electron chi connectivity index (χ1n) is 11.2. The third-order valence-electron chi connectivity index (χ3n) is 5.11. The van der Waals surface area contributed by atoms with E-state index >= 15 is 0 Å². The average Bonchev–Trinajstić information content (AvgIpc) is 3.17. The molecule has 0 aliphatic carbocycles. The Hall–Kier alpha value is -3.74. The first-order valence-corrected chi connectivity index (χ1v) is 11.2. The molecule has 7 heteroatoms. The molecule has 0 aromatic heterocycles. The molecule has 1 heterocycles. The van der Waals surface area contributed by atoms with Gasteiger partial charge in [-0.05, 0) is 54.0 Å². The number of nitro benzene ring substituents is 1. The van der Waals surface area contributed by atoms with Crippen molar-refractivity contribution < 1.29 is 19.2 Å². The number of carbonyl (C=O) groups excluding carboxylic acids is 1. The second-order valence-electron chi connectivity index (χ2n) is 7.74. The maximum Gasteiger partial charge on any atom is 0.363 e. The summed E-state index contributed by atoms with van der Waals surface area (Å²) in [6.07, 6.45) is 12.2. The monoisotopic (exact) mass is 448 g/mol. The highest BCUT2D eigenvalue weighted by Gasteiger charge is 2.21. The van der Waals surface area contributed by atoms with E-state index < -0.39 is 10.9 Å². The highest BCUT2D eigenvalue weighted by atomic mass is 16.6. The van der Waals surface area contributed by atoms with Gasteiger partial charge in [0.05, 0.1) is 11.5 Å². The molecular formula is C26H28N2O5. The molecule has 7 nitrogen and oxygen atoms in total. The van der Waals surface area contributed by atoms with Crippen LogP contribution in [0.4, 0.5) is 5.69 Å². The summed E-state index contributed by atoms with van der Waals surface area (Å²) < 4.78 is 11.0. The van der Waals surface area contributed by atoms with E-state index in [0.717, 1.165) is 23.3 Å². The molecule has 0 fully saturated rings. The lowest BCUT2D eigenvalue weighted by molar-refractivity contribution is -0.384. The van der Waals surface area contributed by atoms with E-state index in [-0.39, 0.29) is 17.3 Å². The van der Waals surface area contributed by atoms with Crippen LogP contribution in [-0.2, 0) is 9.53 Å². The fourth-order valence-corrected chi connectivity index (χ4v) is 3.26. The van der Waals surface area contributed by atoms with E-state index in [1.807, 2.05) is 24.3 Å². The summed E-state index contributed by atoms with van der Waals surface area (Å²) in [5.74, 6) is 0.445. The second-order valence-corrected chi connectivity index (χ2v) is 7.74. The van der Waals surface area contributed by atoms with Crippen LogP contribution in [-0.4, -0.2) is 23.4 Å². The number of ether oxygens (including phenoxy) is 2. The van der Waals surface area contributed by atoms with Gasteiger partial charge in [0, 0.05) is 18.2 Å². The van der Waals surface area contributed by atoms with Crippen molar-refractivity contribution in [3.05, 3.63) is 81.5 Å². The molecule has 0 bridgehead atoms. The molecule has 33 heavy (non-hydrogen) atoms. The molecule has 0 amide bonds. The Morgan fingerprint density at radius 1 is 0.939 bits per heavy atom. The highest BCUT2D eigenvalue weighted by Crippen LogP contribution is 2.20. The van der Waals surface area contributed by atoms with Gasteiger partial charge in [-0.1, -0.05) is 51.2 Å². The first kappa shape index (κ1) is 23.9. The zero-order chi connectivity index (χ0) is 23.5. The van der Waals surface area contributed by atoms with Crippen molar-refractivity contribution in [1.82, 2.24) is 0 Å². The number of benzene rings is 2. The van der Waals surface area contributed by atoms with Gasteiger partial charge < -0.3 is 9.47 Å². The molecule has 0 spiro atoms. The van der Waals surface area contributed by atoms with Crippen molar-refractivity contribution in [2.75, 3.05) is 6.61 Å². The molecule has 0 unspecified atom stereocenters. The smallest absolute Gasteiger partial charge is 0.363 e. The Labute approximate surface area is 193 Å². The van der Waals surface area contributed by atoms with Gasteiger partial charge in [0.15, 0.2) is 5.70 Å². The zero-order valence-electron chi connectivity index (χ0n) is 18.7. The Bertz CT molecular complexity index is 1040. The lowest BCUT2D eigenvalue weighted by Gasteiger charge is -2.06. The van der Waals surface area contributed by atoms with E-state index in [9.17, 15) is 14.9 Å². The van der Waals surface area contributed by atoms with Crippen molar-refractivity contribution in [1.29, 1.82) is 0 Å². The van der Waals surface area contributed by atoms with Gasteiger partial charge >= 0.3 is 5.97 Å². The molecule has 2 aromatic rings. The van der Waals surface area contributed by atoms with Crippen molar-refractivity contribution in [3.8, 4) is 5.75 Å². The minimum atomic E-state index is -0.526. The van der Waals surface area contributed by atoms with E-state index in [1.54, 1.807) is 30.4 Å². The van der Waals surface area contributed by atoms with Crippen LogP contribution in [0.1, 0.15) is 56.6 Å². The van der Waals surface area contributed by atoms with Crippen LogP contribution in [0.25, 0.3) is 12.2 Å². The second kappa shape index (κ2) is 12.3. The number of aliphatic imine (C=N–C) groups is 1. The quantitative estimate of drug-likeness (QED) is 0.124. The number of unbranched alkanes of at least 4 members (excludes halogenated alkanes) is 5. The SMILES string of the molecule is CCCCCCCCOc1ccc(C=C2N=C(C=Cc3ccc([N+](=O)[O-])cc3)OC2=O)cc1. The maximum absolute atomic E-state index is 12.1. The lowest BCUT2D eigenvalue weighted by Crippen LogP contribution is -2.01. The molecular weight excluding hydrogens is 420 g/mol. The van der Waals surface area contributed by atoms with Crippen LogP contribution in [0.5, 0.6) is 5.75 Å². The molecule has 0 saturated carbocycles. The summed E-state index contributed by atoms with van der Waals surface area (Å²) in [7, 11) is 0. The van der Waals surface area contributed by atoms with Gasteiger partial charge in [0.2, 0.25) is 5.90 Å². The first-order chi connectivity index (χ1) is 16.0. The minimum Gasteiger partial charge on any atom is -0.494 e. The summed E-state index contributed by atoms with van der Waals surface area (Å²) in [6, 6.07) is 13.5. The van der Waals surface area contributed by atoms with Gasteiger partial charge in [-0.3, -0.25) is 10.1 Å². The van der Waals surface area contributed by atoms with Crippen molar-refractivity contribution in [2.24, 2.45) is 4.99 Å². The number of carbonyl (C=O) groups is 1. The molecule has 172 valence electrons. The lowest BCUT2D eigenvalue weighted by atomic mass is 10.1. The Morgan fingerprint density at radius 3 is 2.30 bits per heavy atom. The fraction of sp³-hybridized carbons (Fsp3) is 0.308. The van der Waals surface area contributed by atoms with Crippen LogP contribution in [0.3, 0.4) is 0 Å². The van der Waals surface area contributed by atoms with Crippen molar-refractivity contribution >= 4 is 29.7 Å². The summed E-state index contributed by atoms with van der Waals surface area (Å²) in [4.78, 5) is 26.6. The average molecular weight is 449 g/mol. The van der Waals surface area contributed by atoms with Crippen molar-refractivity contribution in [3.63, 3.8) is 0 Å². The van der Waals surface area contributed by atoms with Crippen LogP contribution in [0.2, 0.25) is 0 Å². The Kier molecular flexibility index (Phi) is 8.94. The van der Waals surface area contributed by atoms with Crippen LogP contribution >= 0.6 is 0 Å². The van der Waals surface area contributed by atoms with E-state index in [4.69, 9.17) is 9.47 Å². The minimum absolute atomic E-state index is 0.0147. The standard InChI is InChI=1S/C26H28N2O5/c1-2-3-4-5-6-7-18-32-23-15-10-21(11-16-23)19-24-26(29)33-25(27-24)17-12-20-8-13-22(14-9-20)28(30)31/h8-17,19H,2-7,18H2,1H3. The van der Waals surface area contributed by atoms with Crippen LogP contribution < -0.4 is 4.74 Å². The van der Waals surface area contributed by atoms with Crippen molar-refractivity contribution in [2.45, 2.75) is 45.4 Å². The topological polar surface area (TPSA) is 91.0 Å². The molecule has 0 atom stereocenters. The molecule has 3 rings (SSSR count). The molecule has 1 aliphatic heterocycles. The summed E-state index contributed by atoms with van der Waals surface area (Å²) in [5.41, 5.74) is 1.77. The zero-order valence-corrected chi connectivity index (χ0v) is 18.7. The highest BCUT2D eigenvalue weighted by molar-refractivity contribution is 6.11. The van der Waals surface area contributed by atoms with Gasteiger partial charge in [-0.15, -0.1) is 0 Å². The van der Waals surface area contributed by atoms with E-state index in [2.05, 4.69) is 11.9 Å². The molecule has 0 saturated heterocycles. The maximum atomic E-state index is 12.1. The van der Waals surface area contributed by atoms with Gasteiger partial charge in [0.25, 0.3) is 5.69 Å². The normalized spacial score (nSPS) is 14.5. The Morgan fingerprint density at radius 2 is 1.61 bits per heavy atom. The molecule has 1 aliphatic rings. The summed E-state index contributed by atoms with van der Waals surface area (Å²) in [5, 5.41) is 10.7. The fourth-order valence-electron chi connectivity index (χ4n) is 3.26. The number of non-ortho nitro benzene ring substituents is 1. The largest absolute Gasteiger partial charge is 0.494 e. The molecule has 0 radical (unpaired) electrons. The predicted molar refractivity (Wildman–Crippen MR) is 129 cm³/mol. The number of hydrogen-bond donors (Lipinski definition) is 0. The number of cyclic esters (lactones) is 1. The summed E-state index contributed by atoms with van der Waals surface area (Å²) >= 11 is 0. The molecule has 0 N–H and O–H groups in total. The van der Waals surface area contributed by atoms with E-state index in [0.29, 0.717) is 6.61 Å². The third-order valence-corrected chi connectivity index (χ3v) is 5.11. The third kappa shape index (κ3) is 7.71. The number of nitro groups is 1. The van der Waals surface area contributed by atoms with Gasteiger partial charge in [-0.2, -0.15) is 0 Å². The summed E-state index contributed by atoms with van der Waals surface area (Å²) in [6.45, 7) is 2.92. The van der Waals surface area contributed by atoms with E-state index in [1.165, 1.54) is 44.2 Å². The Balaban J connectivity index is 1.52. The number of hydrogen-bond acceptors (Lipinski definition) is 6. The molecule has 2 aromatic carbocycles. The van der Waals surface area contributed by atoms with Crippen LogP contribution in [0, 0.1) is 10.1 Å². The van der Waals surface area contributed by atoms with Gasteiger partial charge in [-0.25, -0.2) is 9.79 Å². The number of esters is 1. The van der Waals surface area contributed by atoms with Gasteiger partial charge in [0.1, 0.15) is 5.75 Å².